The molecule has 0 saturated carbocycles. The fourth-order valence-electron chi connectivity index (χ4n) is 0. The van der Waals surface area contributed by atoms with Crippen LogP contribution in [0.4, 0.5) is 0 Å². The van der Waals surface area contributed by atoms with Gasteiger partial charge in [0.2, 0.25) is 0 Å². The van der Waals surface area contributed by atoms with Gasteiger partial charge in [0.15, 0.2) is 0 Å². The topological polar surface area (TPSA) is 115 Å². The third-order valence-corrected chi connectivity index (χ3v) is 0. The Kier molecular flexibility index (Phi) is 22.4. The van der Waals surface area contributed by atoms with Crippen molar-refractivity contribution in [2.24, 2.45) is 0 Å². The van der Waals surface area contributed by atoms with E-state index in [-0.39, 0.29) is 35.6 Å². The Bertz CT molecular complexity index is 99.2. The van der Waals surface area contributed by atoms with Gasteiger partial charge in [0.1, 0.15) is 0 Å². The van der Waals surface area contributed by atoms with Crippen LogP contribution in [-0.2, 0) is 27.5 Å². The van der Waals surface area contributed by atoms with Crippen LogP contribution >= 0.6 is 0 Å². The Morgan fingerprint density at radius 1 is 1.12 bits per heavy atom. The number of halogens is 1. The Hall–Kier alpha value is 0.639. The summed E-state index contributed by atoms with van der Waals surface area (Å²) in [6, 6.07) is 0. The van der Waals surface area contributed by atoms with Crippen LogP contribution in [0.3, 0.4) is 0 Å². The van der Waals surface area contributed by atoms with E-state index in [0.717, 1.165) is 0 Å². The van der Waals surface area contributed by atoms with E-state index >= 15 is 0 Å². The molecule has 0 aliphatic carbocycles. The standard InChI is InChI=1S/ClH.Cu.H3N.H2O4S/c;;;1-5(2,3)4/h1H;;1H3;(H2,1,2,3,4)/q;+3;;/p-3. The Morgan fingerprint density at radius 2 is 1.12 bits per heavy atom. The van der Waals surface area contributed by atoms with Gasteiger partial charge in [-0.25, -0.2) is 0 Å². The average Bonchev–Trinajstić information content (AvgIpc) is 0.722. The molecule has 56 valence electrons. The summed E-state index contributed by atoms with van der Waals surface area (Å²) in [5, 5.41) is 0. The molecular formula is H3ClCuNO4S. The maximum atomic E-state index is 8.52. The molecule has 3 N–H and O–H groups in total. The first-order valence-electron chi connectivity index (χ1n) is 0.667. The molecule has 5 nitrogen and oxygen atoms in total. The van der Waals surface area contributed by atoms with Gasteiger partial charge in [0.05, 0.1) is 0 Å². The predicted octanol–water partition coefficient (Wildman–Crippen LogP) is -4.17. The van der Waals surface area contributed by atoms with Crippen molar-refractivity contribution in [1.82, 2.24) is 6.15 Å². The normalized spacial score (nSPS) is 7.25. The van der Waals surface area contributed by atoms with E-state index in [2.05, 4.69) is 0 Å². The zero-order chi connectivity index (χ0) is 4.50. The average molecular weight is 212 g/mol. The Morgan fingerprint density at radius 3 is 1.12 bits per heavy atom. The fourth-order valence-corrected chi connectivity index (χ4v) is 0. The second-order valence-corrected chi connectivity index (χ2v) is 1.22. The molecule has 0 fully saturated rings. The van der Waals surface area contributed by atoms with E-state index in [4.69, 9.17) is 17.5 Å². The molecule has 0 aromatic rings. The van der Waals surface area contributed by atoms with Crippen LogP contribution in [0, 0.1) is 0 Å². The monoisotopic (exact) mass is 211 g/mol. The summed E-state index contributed by atoms with van der Waals surface area (Å²) in [6.45, 7) is 0. The first-order valence-corrected chi connectivity index (χ1v) is 2.00. The van der Waals surface area contributed by atoms with E-state index in [1.807, 2.05) is 0 Å². The number of hydrogen-bond acceptors (Lipinski definition) is 5. The van der Waals surface area contributed by atoms with Gasteiger partial charge in [-0.2, -0.15) is 0 Å². The van der Waals surface area contributed by atoms with E-state index in [1.165, 1.54) is 0 Å². The molecule has 0 amide bonds. The van der Waals surface area contributed by atoms with Crippen molar-refractivity contribution in [1.29, 1.82) is 0 Å². The van der Waals surface area contributed by atoms with Gasteiger partial charge in [-0.05, 0) is 0 Å². The maximum Gasteiger partial charge on any atom is 3.00 e. The van der Waals surface area contributed by atoms with Gasteiger partial charge in [-0.3, -0.25) is 8.42 Å². The quantitative estimate of drug-likeness (QED) is 0.248. The van der Waals surface area contributed by atoms with Crippen molar-refractivity contribution in [2.45, 2.75) is 0 Å². The minimum absolute atomic E-state index is 0. The fraction of sp³-hybridized carbons (Fsp3) is 0. The van der Waals surface area contributed by atoms with E-state index in [0.29, 0.717) is 0 Å². The van der Waals surface area contributed by atoms with Gasteiger partial charge < -0.3 is 27.7 Å². The zero-order valence-corrected chi connectivity index (χ0v) is 5.94. The minimum Gasteiger partial charge on any atom is -1.00 e. The van der Waals surface area contributed by atoms with Crippen molar-refractivity contribution in [2.75, 3.05) is 0 Å². The van der Waals surface area contributed by atoms with Crippen molar-refractivity contribution in [3.8, 4) is 0 Å². The molecule has 0 rings (SSSR count). The van der Waals surface area contributed by atoms with Crippen molar-refractivity contribution in [3.05, 3.63) is 0 Å². The van der Waals surface area contributed by atoms with Crippen molar-refractivity contribution < 1.29 is 47.0 Å². The summed E-state index contributed by atoms with van der Waals surface area (Å²) in [5.74, 6) is 0. The summed E-state index contributed by atoms with van der Waals surface area (Å²) in [6.07, 6.45) is 0. The van der Waals surface area contributed by atoms with Crippen LogP contribution in [0.5, 0.6) is 0 Å². The van der Waals surface area contributed by atoms with Gasteiger partial charge in [-0.1, -0.05) is 0 Å². The molecule has 8 heavy (non-hydrogen) atoms. The minimum atomic E-state index is -5.17. The zero-order valence-electron chi connectivity index (χ0n) is 3.43. The third kappa shape index (κ3) is 516. The molecule has 0 unspecified atom stereocenters. The molecule has 0 spiro atoms. The van der Waals surface area contributed by atoms with Gasteiger partial charge >= 0.3 is 17.1 Å². The van der Waals surface area contributed by atoms with Crippen LogP contribution in [-0.4, -0.2) is 17.5 Å². The van der Waals surface area contributed by atoms with Crippen LogP contribution < -0.4 is 18.6 Å². The molecule has 0 atom stereocenters. The second kappa shape index (κ2) is 7.64. The largest absolute Gasteiger partial charge is 3.00 e. The first kappa shape index (κ1) is 23.4. The second-order valence-electron chi connectivity index (χ2n) is 0.408. The summed E-state index contributed by atoms with van der Waals surface area (Å²) in [4.78, 5) is 0. The predicted molar refractivity (Wildman–Crippen MR) is 15.5 cm³/mol. The van der Waals surface area contributed by atoms with Crippen molar-refractivity contribution in [3.63, 3.8) is 0 Å². The van der Waals surface area contributed by atoms with Crippen LogP contribution in [0.2, 0.25) is 0 Å². The molecule has 0 saturated heterocycles. The molecule has 0 heterocycles. The number of rotatable bonds is 0. The Balaban J connectivity index is -0.0000000267. The van der Waals surface area contributed by atoms with Gasteiger partial charge in [-0.15, -0.1) is 0 Å². The Labute approximate surface area is 63.9 Å². The van der Waals surface area contributed by atoms with E-state index in [1.54, 1.807) is 0 Å². The van der Waals surface area contributed by atoms with Crippen LogP contribution in [0.15, 0.2) is 0 Å². The number of hydrogen-bond donors (Lipinski definition) is 1. The molecule has 0 radical (unpaired) electrons. The maximum absolute atomic E-state index is 8.52. The molecule has 0 aliphatic rings. The van der Waals surface area contributed by atoms with Crippen molar-refractivity contribution >= 4 is 10.4 Å². The molecule has 0 aliphatic heterocycles. The summed E-state index contributed by atoms with van der Waals surface area (Å²) >= 11 is 0. The molecular weight excluding hydrogens is 209 g/mol. The molecule has 0 bridgehead atoms. The molecule has 0 aromatic carbocycles. The van der Waals surface area contributed by atoms with E-state index in [9.17, 15) is 0 Å². The summed E-state index contributed by atoms with van der Waals surface area (Å²) < 4.78 is 34.1. The summed E-state index contributed by atoms with van der Waals surface area (Å²) in [7, 11) is -5.17. The van der Waals surface area contributed by atoms with Crippen LogP contribution in [0.25, 0.3) is 0 Å². The van der Waals surface area contributed by atoms with E-state index < -0.39 is 10.4 Å². The summed E-state index contributed by atoms with van der Waals surface area (Å²) in [5.41, 5.74) is 0. The van der Waals surface area contributed by atoms with Gasteiger partial charge in [0.25, 0.3) is 0 Å². The van der Waals surface area contributed by atoms with Crippen LogP contribution in [0.1, 0.15) is 0 Å². The smallest absolute Gasteiger partial charge is 1.00 e. The first-order chi connectivity index (χ1) is 2.00. The third-order valence-electron chi connectivity index (χ3n) is 0. The SMILES string of the molecule is N.O=S(=O)([O-])[O-].[Cl-].[Cu+3]. The van der Waals surface area contributed by atoms with Gasteiger partial charge in [0, 0.05) is 10.4 Å². The molecule has 8 heteroatoms. The molecule has 0 aromatic heterocycles.